The number of hydrogen-bond donors (Lipinski definition) is 7. The number of carboxylic acid groups (broad SMARTS) is 1. The highest BCUT2D eigenvalue weighted by Crippen LogP contribution is 2.32. The van der Waals surface area contributed by atoms with Crippen LogP contribution >= 0.6 is 0 Å². The van der Waals surface area contributed by atoms with E-state index in [1.807, 2.05) is 0 Å². The molecule has 0 unspecified atom stereocenters. The first-order valence-corrected chi connectivity index (χ1v) is 11.9. The number of phenols is 2. The van der Waals surface area contributed by atoms with Crippen LogP contribution in [-0.2, 0) is 18.9 Å². The van der Waals surface area contributed by atoms with Gasteiger partial charge in [-0.2, -0.15) is 0 Å². The minimum atomic E-state index is -2.13. The minimum absolute atomic E-state index is 0.00352. The van der Waals surface area contributed by atoms with Crippen molar-refractivity contribution in [1.82, 2.24) is 0 Å². The molecule has 2 aromatic rings. The van der Waals surface area contributed by atoms with Crippen LogP contribution in [0.25, 0.3) is 0 Å². The fourth-order valence-electron chi connectivity index (χ4n) is 4.04. The quantitative estimate of drug-likeness (QED) is 0.179. The van der Waals surface area contributed by atoms with Gasteiger partial charge in [-0.3, -0.25) is 0 Å². The van der Waals surface area contributed by atoms with E-state index in [1.165, 1.54) is 31.4 Å². The van der Waals surface area contributed by atoms with E-state index in [4.69, 9.17) is 28.4 Å². The van der Waals surface area contributed by atoms with Crippen LogP contribution in [0.1, 0.15) is 20.7 Å². The first kappa shape index (κ1) is 29.3. The second kappa shape index (κ2) is 11.8. The van der Waals surface area contributed by atoms with Gasteiger partial charge in [-0.25, -0.2) is 9.59 Å². The molecular formula is C25H28O15. The summed E-state index contributed by atoms with van der Waals surface area (Å²) in [5.74, 6) is -3.11. The molecule has 2 heterocycles. The number of rotatable bonds is 9. The maximum atomic E-state index is 12.4. The summed E-state index contributed by atoms with van der Waals surface area (Å²) in [6.07, 6.45) is -9.43. The summed E-state index contributed by atoms with van der Waals surface area (Å²) in [6.45, 7) is -1.66. The third kappa shape index (κ3) is 6.05. The third-order valence-electron chi connectivity index (χ3n) is 6.35. The number of carbonyl (C=O) groups is 2. The number of phenolic OH excluding ortho intramolecular Hbond substituents is 1. The standard InChI is InChI=1S/C25H28O15/c1-35-17-6-11(2-4-15(17)27)22(33)37-9-25(34)10-38-24(20(25)30)40-19-18(29)16(28)8-36-23(19)39-12-3-5-14(26)13(7-12)21(31)32/h2-7,16,18-20,23-24,26-30,34H,8-10H2,1H3,(H,31,32)/t16-,18+,19-,20+,23+,24+,25-/m1/s1. The van der Waals surface area contributed by atoms with E-state index in [9.17, 15) is 45.3 Å². The Labute approximate surface area is 226 Å². The van der Waals surface area contributed by atoms with Crippen molar-refractivity contribution < 1.29 is 73.8 Å². The maximum absolute atomic E-state index is 12.4. The van der Waals surface area contributed by atoms with Gasteiger partial charge in [0.05, 0.1) is 25.9 Å². The summed E-state index contributed by atoms with van der Waals surface area (Å²) < 4.78 is 32.0. The molecule has 2 fully saturated rings. The van der Waals surface area contributed by atoms with Crippen molar-refractivity contribution in [2.24, 2.45) is 0 Å². The van der Waals surface area contributed by atoms with Gasteiger partial charge in [-0.15, -0.1) is 0 Å². The highest BCUT2D eigenvalue weighted by molar-refractivity contribution is 5.91. The summed E-state index contributed by atoms with van der Waals surface area (Å²) in [7, 11) is 1.29. The lowest BCUT2D eigenvalue weighted by Crippen LogP contribution is -2.58. The van der Waals surface area contributed by atoms with Crippen LogP contribution in [0.5, 0.6) is 23.0 Å². The van der Waals surface area contributed by atoms with E-state index in [0.717, 1.165) is 12.1 Å². The fraction of sp³-hybridized carbons (Fsp3) is 0.440. The normalized spacial score (nSPS) is 30.0. The Hall–Kier alpha value is -3.70. The van der Waals surface area contributed by atoms with Crippen molar-refractivity contribution in [2.75, 3.05) is 26.9 Å². The molecular weight excluding hydrogens is 540 g/mol. The number of aromatic carboxylic acids is 1. The zero-order valence-corrected chi connectivity index (χ0v) is 20.9. The predicted molar refractivity (Wildman–Crippen MR) is 128 cm³/mol. The van der Waals surface area contributed by atoms with Crippen LogP contribution in [0.2, 0.25) is 0 Å². The molecule has 2 aliphatic rings. The molecule has 2 aromatic carbocycles. The molecule has 2 aliphatic heterocycles. The molecule has 0 aliphatic carbocycles. The molecule has 0 bridgehead atoms. The SMILES string of the molecule is COc1cc(C(=O)OC[C@@]2(O)CO[C@@H](O[C@H]3[C@H](Oc4ccc(O)c(C(=O)O)c4)OC[C@@H](O)[C@@H]3O)[C@@H]2O)ccc1O. The number of aliphatic hydroxyl groups excluding tert-OH is 3. The molecule has 0 saturated carbocycles. The number of ether oxygens (including phenoxy) is 6. The molecule has 7 atom stereocenters. The number of aromatic hydroxyl groups is 2. The van der Waals surface area contributed by atoms with Crippen molar-refractivity contribution in [2.45, 2.75) is 42.6 Å². The van der Waals surface area contributed by atoms with Crippen molar-refractivity contribution in [3.8, 4) is 23.0 Å². The lowest BCUT2D eigenvalue weighted by Gasteiger charge is -2.39. The van der Waals surface area contributed by atoms with Gasteiger partial charge in [-0.1, -0.05) is 0 Å². The third-order valence-corrected chi connectivity index (χ3v) is 6.35. The van der Waals surface area contributed by atoms with Crippen LogP contribution in [0, 0.1) is 0 Å². The molecule has 0 radical (unpaired) electrons. The Morgan fingerprint density at radius 2 is 1.75 bits per heavy atom. The Balaban J connectivity index is 1.43. The van der Waals surface area contributed by atoms with E-state index in [1.54, 1.807) is 0 Å². The van der Waals surface area contributed by atoms with E-state index in [-0.39, 0.29) is 29.4 Å². The van der Waals surface area contributed by atoms with Crippen LogP contribution in [0.15, 0.2) is 36.4 Å². The molecule has 0 spiro atoms. The smallest absolute Gasteiger partial charge is 0.339 e. The topological polar surface area (TPSA) is 231 Å². The monoisotopic (exact) mass is 568 g/mol. The van der Waals surface area contributed by atoms with Crippen LogP contribution in [0.3, 0.4) is 0 Å². The molecule has 4 rings (SSSR count). The fourth-order valence-corrected chi connectivity index (χ4v) is 4.04. The molecule has 0 aromatic heterocycles. The Morgan fingerprint density at radius 3 is 2.45 bits per heavy atom. The average Bonchev–Trinajstić information content (AvgIpc) is 3.21. The maximum Gasteiger partial charge on any atom is 0.339 e. The van der Waals surface area contributed by atoms with Gasteiger partial charge in [0, 0.05) is 0 Å². The van der Waals surface area contributed by atoms with Crippen molar-refractivity contribution in [3.05, 3.63) is 47.5 Å². The second-order valence-electron chi connectivity index (χ2n) is 9.15. The number of aliphatic hydroxyl groups is 4. The van der Waals surface area contributed by atoms with Crippen LogP contribution in [0.4, 0.5) is 0 Å². The Bertz CT molecular complexity index is 1230. The van der Waals surface area contributed by atoms with Crippen molar-refractivity contribution in [1.29, 1.82) is 0 Å². The molecule has 218 valence electrons. The molecule has 15 heteroatoms. The predicted octanol–water partition coefficient (Wildman–Crippen LogP) is -1.05. The van der Waals surface area contributed by atoms with Crippen LogP contribution < -0.4 is 9.47 Å². The van der Waals surface area contributed by atoms with Gasteiger partial charge < -0.3 is 64.2 Å². The molecule has 40 heavy (non-hydrogen) atoms. The van der Waals surface area contributed by atoms with Crippen molar-refractivity contribution in [3.63, 3.8) is 0 Å². The zero-order chi connectivity index (χ0) is 29.2. The van der Waals surface area contributed by atoms with Gasteiger partial charge in [0.1, 0.15) is 42.0 Å². The largest absolute Gasteiger partial charge is 0.507 e. The average molecular weight is 568 g/mol. The van der Waals surface area contributed by atoms with E-state index in [0.29, 0.717) is 0 Å². The van der Waals surface area contributed by atoms with Gasteiger partial charge >= 0.3 is 11.9 Å². The van der Waals surface area contributed by atoms with E-state index < -0.39 is 79.1 Å². The van der Waals surface area contributed by atoms with Crippen molar-refractivity contribution >= 4 is 11.9 Å². The summed E-state index contributed by atoms with van der Waals surface area (Å²) in [4.78, 5) is 23.8. The zero-order valence-electron chi connectivity index (χ0n) is 20.9. The Kier molecular flexibility index (Phi) is 8.65. The summed E-state index contributed by atoms with van der Waals surface area (Å²) in [6, 6.07) is 7.01. The van der Waals surface area contributed by atoms with Gasteiger partial charge in [-0.05, 0) is 36.4 Å². The number of hydrogen-bond acceptors (Lipinski definition) is 14. The Morgan fingerprint density at radius 1 is 1.02 bits per heavy atom. The number of methoxy groups -OCH3 is 1. The van der Waals surface area contributed by atoms with E-state index >= 15 is 0 Å². The molecule has 0 amide bonds. The van der Waals surface area contributed by atoms with Crippen LogP contribution in [-0.4, -0.2) is 117 Å². The van der Waals surface area contributed by atoms with E-state index in [2.05, 4.69) is 0 Å². The van der Waals surface area contributed by atoms with Gasteiger partial charge in [0.15, 0.2) is 29.5 Å². The lowest BCUT2D eigenvalue weighted by molar-refractivity contribution is -0.297. The molecule has 15 nitrogen and oxygen atoms in total. The highest BCUT2D eigenvalue weighted by Gasteiger charge is 2.53. The minimum Gasteiger partial charge on any atom is -0.507 e. The summed E-state index contributed by atoms with van der Waals surface area (Å²) in [5, 5.41) is 70.8. The molecule has 2 saturated heterocycles. The first-order valence-electron chi connectivity index (χ1n) is 11.9. The summed E-state index contributed by atoms with van der Waals surface area (Å²) in [5.41, 5.74) is -2.60. The van der Waals surface area contributed by atoms with Gasteiger partial charge in [0.25, 0.3) is 0 Å². The van der Waals surface area contributed by atoms with Gasteiger partial charge in [0.2, 0.25) is 6.29 Å². The number of carboxylic acids is 1. The first-order chi connectivity index (χ1) is 18.9. The lowest BCUT2D eigenvalue weighted by atomic mass is 10.0. The second-order valence-corrected chi connectivity index (χ2v) is 9.15. The number of esters is 1. The molecule has 7 N–H and O–H groups in total. The highest BCUT2D eigenvalue weighted by atomic mass is 16.8. The number of benzene rings is 2. The number of carbonyl (C=O) groups excluding carboxylic acids is 1. The summed E-state index contributed by atoms with van der Waals surface area (Å²) >= 11 is 0.